The smallest absolute Gasteiger partial charge is 0.270 e. The summed E-state index contributed by atoms with van der Waals surface area (Å²) in [5, 5.41) is 13.3. The molecule has 0 heterocycles. The highest BCUT2D eigenvalue weighted by atomic mass is 16.6. The molecule has 0 spiro atoms. The molecule has 126 valence electrons. The van der Waals surface area contributed by atoms with E-state index >= 15 is 0 Å². The van der Waals surface area contributed by atoms with Gasteiger partial charge in [-0.1, -0.05) is 66.7 Å². The number of fused-ring (bicyclic) bond motifs is 1. The number of nitrogens with zero attached hydrogens (tertiary/aromatic N) is 2. The van der Waals surface area contributed by atoms with Gasteiger partial charge in [-0.25, -0.2) is 0 Å². The molecule has 3 aromatic rings. The second-order valence-corrected chi connectivity index (χ2v) is 6.09. The fourth-order valence-corrected chi connectivity index (χ4v) is 2.90. The predicted molar refractivity (Wildman–Crippen MR) is 102 cm³/mol. The van der Waals surface area contributed by atoms with Gasteiger partial charge in [-0.05, 0) is 28.9 Å². The molecular formula is C21H20N2O2. The summed E-state index contributed by atoms with van der Waals surface area (Å²) in [7, 11) is 2.07. The SMILES string of the molecule is CN(C/C=C/c1cccc([N+](=O)[O-])c1)Cc1cccc2ccccc12. The topological polar surface area (TPSA) is 46.4 Å². The highest BCUT2D eigenvalue weighted by molar-refractivity contribution is 5.85. The van der Waals surface area contributed by atoms with Crippen molar-refractivity contribution in [2.24, 2.45) is 0 Å². The van der Waals surface area contributed by atoms with Crippen molar-refractivity contribution in [1.82, 2.24) is 4.90 Å². The number of nitro groups is 1. The van der Waals surface area contributed by atoms with E-state index in [4.69, 9.17) is 0 Å². The van der Waals surface area contributed by atoms with Crippen molar-refractivity contribution in [3.63, 3.8) is 0 Å². The first kappa shape index (κ1) is 16.9. The zero-order valence-electron chi connectivity index (χ0n) is 14.1. The zero-order chi connectivity index (χ0) is 17.6. The Bertz CT molecular complexity index is 913. The second-order valence-electron chi connectivity index (χ2n) is 6.09. The van der Waals surface area contributed by atoms with Crippen LogP contribution in [0, 0.1) is 10.1 Å². The summed E-state index contributed by atoms with van der Waals surface area (Å²) >= 11 is 0. The van der Waals surface area contributed by atoms with Gasteiger partial charge in [-0.3, -0.25) is 15.0 Å². The summed E-state index contributed by atoms with van der Waals surface area (Å²) in [4.78, 5) is 12.7. The third-order valence-electron chi connectivity index (χ3n) is 4.13. The minimum Gasteiger partial charge on any atom is -0.298 e. The number of hydrogen-bond donors (Lipinski definition) is 0. The van der Waals surface area contributed by atoms with Crippen LogP contribution in [0.25, 0.3) is 16.8 Å². The predicted octanol–water partition coefficient (Wildman–Crippen LogP) is 4.89. The average Bonchev–Trinajstić information content (AvgIpc) is 2.62. The van der Waals surface area contributed by atoms with Gasteiger partial charge in [-0.15, -0.1) is 0 Å². The Balaban J connectivity index is 1.65. The van der Waals surface area contributed by atoms with Gasteiger partial charge < -0.3 is 0 Å². The quantitative estimate of drug-likeness (QED) is 0.477. The number of non-ortho nitro benzene ring substituents is 1. The lowest BCUT2D eigenvalue weighted by Crippen LogP contribution is -2.17. The standard InChI is InChI=1S/C21H20N2O2/c1-22(14-6-8-17-7-4-12-20(15-17)23(24)25)16-19-11-5-10-18-9-2-3-13-21(18)19/h2-13,15H,14,16H2,1H3/b8-6+. The molecule has 0 bridgehead atoms. The van der Waals surface area contributed by atoms with Crippen LogP contribution in [-0.4, -0.2) is 23.4 Å². The van der Waals surface area contributed by atoms with Gasteiger partial charge in [-0.2, -0.15) is 0 Å². The van der Waals surface area contributed by atoms with Crippen molar-refractivity contribution in [2.75, 3.05) is 13.6 Å². The number of rotatable bonds is 6. The van der Waals surface area contributed by atoms with Crippen molar-refractivity contribution in [3.8, 4) is 0 Å². The van der Waals surface area contributed by atoms with Crippen LogP contribution >= 0.6 is 0 Å². The molecule has 0 atom stereocenters. The van der Waals surface area contributed by atoms with Crippen LogP contribution in [-0.2, 0) is 6.54 Å². The second kappa shape index (κ2) is 7.73. The highest BCUT2D eigenvalue weighted by Crippen LogP contribution is 2.19. The average molecular weight is 332 g/mol. The molecular weight excluding hydrogens is 312 g/mol. The first-order valence-electron chi connectivity index (χ1n) is 8.19. The summed E-state index contributed by atoms with van der Waals surface area (Å²) in [6.45, 7) is 1.62. The molecule has 0 aliphatic carbocycles. The molecule has 0 unspecified atom stereocenters. The third kappa shape index (κ3) is 4.31. The van der Waals surface area contributed by atoms with Crippen LogP contribution in [0.5, 0.6) is 0 Å². The van der Waals surface area contributed by atoms with Crippen LogP contribution in [0.4, 0.5) is 5.69 Å². The molecule has 3 aromatic carbocycles. The van der Waals surface area contributed by atoms with E-state index in [0.29, 0.717) is 0 Å². The van der Waals surface area contributed by atoms with E-state index in [0.717, 1.165) is 18.7 Å². The lowest BCUT2D eigenvalue weighted by molar-refractivity contribution is -0.384. The molecule has 4 nitrogen and oxygen atoms in total. The highest BCUT2D eigenvalue weighted by Gasteiger charge is 2.05. The molecule has 0 N–H and O–H groups in total. The van der Waals surface area contributed by atoms with Gasteiger partial charge >= 0.3 is 0 Å². The van der Waals surface area contributed by atoms with Gasteiger partial charge in [0.1, 0.15) is 0 Å². The monoisotopic (exact) mass is 332 g/mol. The Labute approximate surface area is 147 Å². The van der Waals surface area contributed by atoms with E-state index in [9.17, 15) is 10.1 Å². The summed E-state index contributed by atoms with van der Waals surface area (Å²) < 4.78 is 0. The summed E-state index contributed by atoms with van der Waals surface area (Å²) in [5.74, 6) is 0. The fraction of sp³-hybridized carbons (Fsp3) is 0.143. The maximum absolute atomic E-state index is 10.8. The molecule has 0 radical (unpaired) electrons. The maximum atomic E-state index is 10.8. The van der Waals surface area contributed by atoms with Crippen LogP contribution in [0.2, 0.25) is 0 Å². The number of hydrogen-bond acceptors (Lipinski definition) is 3. The summed E-state index contributed by atoms with van der Waals surface area (Å²) in [6, 6.07) is 21.4. The van der Waals surface area contributed by atoms with E-state index in [-0.39, 0.29) is 10.6 Å². The van der Waals surface area contributed by atoms with Gasteiger partial charge in [0.25, 0.3) is 5.69 Å². The Morgan fingerprint density at radius 3 is 2.64 bits per heavy atom. The molecule has 0 aliphatic rings. The molecule has 0 saturated carbocycles. The zero-order valence-corrected chi connectivity index (χ0v) is 14.1. The van der Waals surface area contributed by atoms with Gasteiger partial charge in [0.15, 0.2) is 0 Å². The summed E-state index contributed by atoms with van der Waals surface area (Å²) in [5.41, 5.74) is 2.25. The van der Waals surface area contributed by atoms with Gasteiger partial charge in [0, 0.05) is 25.2 Å². The van der Waals surface area contributed by atoms with Crippen LogP contribution in [0.1, 0.15) is 11.1 Å². The lowest BCUT2D eigenvalue weighted by atomic mass is 10.0. The number of nitro benzene ring substituents is 1. The molecule has 25 heavy (non-hydrogen) atoms. The van der Waals surface area contributed by atoms with E-state index in [1.54, 1.807) is 12.1 Å². The van der Waals surface area contributed by atoms with E-state index in [1.165, 1.54) is 22.4 Å². The van der Waals surface area contributed by atoms with E-state index < -0.39 is 0 Å². The van der Waals surface area contributed by atoms with Crippen molar-refractivity contribution in [2.45, 2.75) is 6.54 Å². The van der Waals surface area contributed by atoms with Crippen molar-refractivity contribution in [3.05, 3.63) is 94.0 Å². The maximum Gasteiger partial charge on any atom is 0.270 e. The Kier molecular flexibility index (Phi) is 5.21. The van der Waals surface area contributed by atoms with Crippen molar-refractivity contribution in [1.29, 1.82) is 0 Å². The minimum atomic E-state index is -0.371. The molecule has 4 heteroatoms. The first-order chi connectivity index (χ1) is 12.1. The summed E-state index contributed by atoms with van der Waals surface area (Å²) in [6.07, 6.45) is 3.96. The Hall–Kier alpha value is -2.98. The molecule has 0 saturated heterocycles. The normalized spacial score (nSPS) is 11.4. The van der Waals surface area contributed by atoms with Gasteiger partial charge in [0.2, 0.25) is 0 Å². The molecule has 0 fully saturated rings. The first-order valence-corrected chi connectivity index (χ1v) is 8.19. The lowest BCUT2D eigenvalue weighted by Gasteiger charge is -2.16. The molecule has 0 amide bonds. The van der Waals surface area contributed by atoms with Crippen molar-refractivity contribution < 1.29 is 4.92 Å². The van der Waals surface area contributed by atoms with Crippen LogP contribution in [0.3, 0.4) is 0 Å². The van der Waals surface area contributed by atoms with Crippen LogP contribution < -0.4 is 0 Å². The molecule has 0 aliphatic heterocycles. The minimum absolute atomic E-state index is 0.117. The third-order valence-corrected chi connectivity index (χ3v) is 4.13. The van der Waals surface area contributed by atoms with Crippen molar-refractivity contribution >= 4 is 22.5 Å². The molecule has 3 rings (SSSR count). The van der Waals surface area contributed by atoms with E-state index in [2.05, 4.69) is 54.4 Å². The number of benzene rings is 3. The van der Waals surface area contributed by atoms with Gasteiger partial charge in [0.05, 0.1) is 4.92 Å². The largest absolute Gasteiger partial charge is 0.298 e. The van der Waals surface area contributed by atoms with Crippen LogP contribution in [0.15, 0.2) is 72.8 Å². The Morgan fingerprint density at radius 1 is 1.04 bits per heavy atom. The van der Waals surface area contributed by atoms with E-state index in [1.807, 2.05) is 18.2 Å². The molecule has 0 aromatic heterocycles. The number of likely N-dealkylation sites (N-methyl/N-ethyl adjacent to an activating group) is 1. The fourth-order valence-electron chi connectivity index (χ4n) is 2.90. The Morgan fingerprint density at radius 2 is 1.80 bits per heavy atom.